The maximum atomic E-state index is 14.0. The van der Waals surface area contributed by atoms with Crippen LogP contribution in [0.15, 0.2) is 28.7 Å². The van der Waals surface area contributed by atoms with Crippen molar-refractivity contribution in [1.29, 1.82) is 0 Å². The number of primary amides is 1. The predicted octanol–water partition coefficient (Wildman–Crippen LogP) is 3.57. The molecule has 0 aromatic heterocycles. The zero-order valence-electron chi connectivity index (χ0n) is 25.5. The molecule has 11 heteroatoms. The first-order valence-electron chi connectivity index (χ1n) is 15.6. The fourth-order valence-electron chi connectivity index (χ4n) is 8.33. The molecule has 238 valence electrons. The third-order valence-corrected chi connectivity index (χ3v) is 11.5. The number of aromatic hydroxyl groups is 1. The molecule has 0 unspecified atom stereocenters. The number of rotatable bonds is 9. The van der Waals surface area contributed by atoms with Crippen LogP contribution < -0.4 is 5.73 Å². The van der Waals surface area contributed by atoms with Crippen LogP contribution in [0.4, 0.5) is 0 Å². The third-order valence-electron chi connectivity index (χ3n) is 11.1. The van der Waals surface area contributed by atoms with Crippen molar-refractivity contribution in [2.75, 3.05) is 27.2 Å². The van der Waals surface area contributed by atoms with Gasteiger partial charge in [-0.05, 0) is 93.5 Å². The Morgan fingerprint density at radius 1 is 1.16 bits per heavy atom. The van der Waals surface area contributed by atoms with Gasteiger partial charge in [-0.2, -0.15) is 0 Å². The van der Waals surface area contributed by atoms with E-state index in [1.165, 1.54) is 43.1 Å². The average molecular weight is 628 g/mol. The van der Waals surface area contributed by atoms with Crippen molar-refractivity contribution in [3.05, 3.63) is 50.4 Å². The Hall–Kier alpha value is -2.92. The quantitative estimate of drug-likeness (QED) is 0.257. The zero-order chi connectivity index (χ0) is 31.9. The second-order valence-corrected chi connectivity index (χ2v) is 14.4. The lowest BCUT2D eigenvalue weighted by atomic mass is 9.58. The maximum Gasteiger partial charge on any atom is 0.255 e. The van der Waals surface area contributed by atoms with Crippen LogP contribution in [0.2, 0.25) is 5.02 Å². The number of halogens is 1. The number of aliphatic hydroxyl groups is 3. The van der Waals surface area contributed by atoms with Crippen molar-refractivity contribution in [2.24, 2.45) is 28.9 Å². The molecule has 4 atom stereocenters. The molecule has 2 saturated carbocycles. The van der Waals surface area contributed by atoms with Crippen molar-refractivity contribution in [3.63, 3.8) is 0 Å². The predicted molar refractivity (Wildman–Crippen MR) is 163 cm³/mol. The van der Waals surface area contributed by atoms with Crippen LogP contribution in [-0.2, 0) is 22.6 Å². The number of likely N-dealkylation sites (N-methyl/N-ethyl adjacent to an activating group) is 1. The minimum atomic E-state index is -2.66. The summed E-state index contributed by atoms with van der Waals surface area (Å²) in [5, 5.41) is 45.9. The Kier molecular flexibility index (Phi) is 7.67. The van der Waals surface area contributed by atoms with Gasteiger partial charge in [0.1, 0.15) is 22.8 Å². The highest BCUT2D eigenvalue weighted by Gasteiger charge is 2.63. The van der Waals surface area contributed by atoms with Gasteiger partial charge >= 0.3 is 0 Å². The molecule has 10 nitrogen and oxygen atoms in total. The number of Topliss-reactive ketones (excluding diaryl/α,β-unsaturated/α-hetero) is 2. The Morgan fingerprint density at radius 2 is 1.84 bits per heavy atom. The van der Waals surface area contributed by atoms with Crippen LogP contribution in [0.5, 0.6) is 5.75 Å². The largest absolute Gasteiger partial charge is 0.510 e. The topological polar surface area (TPSA) is 165 Å². The van der Waals surface area contributed by atoms with E-state index in [1.807, 2.05) is 0 Å². The lowest BCUT2D eigenvalue weighted by molar-refractivity contribution is -0.148. The molecular formula is C33H42ClN3O7. The Morgan fingerprint density at radius 3 is 2.39 bits per heavy atom. The van der Waals surface area contributed by atoms with Gasteiger partial charge < -0.3 is 26.2 Å². The van der Waals surface area contributed by atoms with Crippen LogP contribution in [-0.4, -0.2) is 86.5 Å². The molecular weight excluding hydrogens is 586 g/mol. The molecule has 1 amide bonds. The number of carbonyl (C=O) groups excluding carboxylic acids is 3. The molecule has 1 aromatic carbocycles. The summed E-state index contributed by atoms with van der Waals surface area (Å²) < 4.78 is 0. The number of fused-ring (bicyclic) bond motifs is 3. The molecule has 0 aliphatic heterocycles. The van der Waals surface area contributed by atoms with Gasteiger partial charge in [0, 0.05) is 36.1 Å². The number of carbonyl (C=O) groups is 3. The second kappa shape index (κ2) is 10.9. The van der Waals surface area contributed by atoms with Gasteiger partial charge in [0.15, 0.2) is 11.4 Å². The molecule has 2 fully saturated rings. The van der Waals surface area contributed by atoms with Crippen LogP contribution >= 0.6 is 11.6 Å². The smallest absolute Gasteiger partial charge is 0.255 e. The molecule has 0 radical (unpaired) electrons. The highest BCUT2D eigenvalue weighted by molar-refractivity contribution is 6.33. The van der Waals surface area contributed by atoms with E-state index < -0.39 is 58.0 Å². The van der Waals surface area contributed by atoms with E-state index in [0.29, 0.717) is 28.5 Å². The number of hydrogen-bond donors (Lipinski definition) is 5. The molecule has 0 heterocycles. The Bertz CT molecular complexity index is 1500. The first-order valence-corrected chi connectivity index (χ1v) is 16.0. The summed E-state index contributed by atoms with van der Waals surface area (Å²) in [5.41, 5.74) is 3.18. The summed E-state index contributed by atoms with van der Waals surface area (Å²) in [6.45, 7) is 4.71. The Labute approximate surface area is 262 Å². The third kappa shape index (κ3) is 4.68. The summed E-state index contributed by atoms with van der Waals surface area (Å²) in [5.74, 6) is -6.04. The van der Waals surface area contributed by atoms with Crippen LogP contribution in [0.3, 0.4) is 0 Å². The van der Waals surface area contributed by atoms with E-state index in [0.717, 1.165) is 25.1 Å². The summed E-state index contributed by atoms with van der Waals surface area (Å²) in [6, 6.07) is 0.486. The number of aliphatic hydroxyl groups excluding tert-OH is 2. The van der Waals surface area contributed by atoms with Crippen molar-refractivity contribution in [3.8, 4) is 5.75 Å². The van der Waals surface area contributed by atoms with Gasteiger partial charge in [-0.25, -0.2) is 0 Å². The highest BCUT2D eigenvalue weighted by Crippen LogP contribution is 2.53. The monoisotopic (exact) mass is 627 g/mol. The number of nitrogens with zero attached hydrogens (tertiary/aromatic N) is 2. The highest BCUT2D eigenvalue weighted by atomic mass is 35.5. The van der Waals surface area contributed by atoms with Gasteiger partial charge in [-0.15, -0.1) is 0 Å². The SMILES string of the molecule is CCC1(CN(Cc2cc(O)c3c(c2Cl)C[C@H]2C[C@H]4[C@H](N(C)C)C(O)=C(C(N)=O)C(=O)[C@@]4(O)C(O)=C2C3=O)CC2CC2)CCC1. The number of amides is 1. The number of hydrogen-bond acceptors (Lipinski definition) is 9. The molecule has 0 bridgehead atoms. The summed E-state index contributed by atoms with van der Waals surface area (Å²) in [6.07, 6.45) is 7.40. The minimum Gasteiger partial charge on any atom is -0.510 e. The number of ketones is 2. The molecule has 6 rings (SSSR count). The van der Waals surface area contributed by atoms with E-state index in [9.17, 15) is 34.8 Å². The lowest BCUT2D eigenvalue weighted by Gasteiger charge is -2.50. The molecule has 0 spiro atoms. The second-order valence-electron chi connectivity index (χ2n) is 14.0. The number of nitrogens with two attached hydrogens (primary N) is 1. The normalized spacial score (nSPS) is 29.5. The van der Waals surface area contributed by atoms with Gasteiger partial charge in [0.25, 0.3) is 5.91 Å². The van der Waals surface area contributed by atoms with E-state index in [1.54, 1.807) is 14.1 Å². The number of phenols is 1. The van der Waals surface area contributed by atoms with Crippen molar-refractivity contribution < 1.29 is 34.8 Å². The molecule has 5 aliphatic carbocycles. The maximum absolute atomic E-state index is 14.0. The summed E-state index contributed by atoms with van der Waals surface area (Å²) in [4.78, 5) is 43.6. The van der Waals surface area contributed by atoms with E-state index in [-0.39, 0.29) is 29.7 Å². The minimum absolute atomic E-state index is 0.0277. The van der Waals surface area contributed by atoms with E-state index >= 15 is 0 Å². The lowest BCUT2D eigenvalue weighted by Crippen LogP contribution is -2.63. The van der Waals surface area contributed by atoms with Gasteiger partial charge in [0.2, 0.25) is 5.78 Å². The summed E-state index contributed by atoms with van der Waals surface area (Å²) in [7, 11) is 3.21. The molecule has 0 saturated heterocycles. The van der Waals surface area contributed by atoms with Crippen molar-refractivity contribution >= 4 is 29.1 Å². The van der Waals surface area contributed by atoms with Crippen LogP contribution in [0, 0.1) is 23.2 Å². The Balaban J connectivity index is 1.39. The van der Waals surface area contributed by atoms with Gasteiger partial charge in [-0.3, -0.25) is 24.2 Å². The number of allylic oxidation sites excluding steroid dienone is 1. The fourth-order valence-corrected chi connectivity index (χ4v) is 8.62. The van der Waals surface area contributed by atoms with Gasteiger partial charge in [-0.1, -0.05) is 24.9 Å². The molecule has 5 aliphatic rings. The van der Waals surface area contributed by atoms with E-state index in [4.69, 9.17) is 17.3 Å². The summed E-state index contributed by atoms with van der Waals surface area (Å²) >= 11 is 7.05. The average Bonchev–Trinajstić information content (AvgIpc) is 3.74. The van der Waals surface area contributed by atoms with Crippen LogP contribution in [0.1, 0.15) is 73.4 Å². The van der Waals surface area contributed by atoms with Crippen LogP contribution in [0.25, 0.3) is 0 Å². The fraction of sp³-hybridized carbons (Fsp3) is 0.606. The number of phenolic OH excluding ortho intramolecular Hbond substituents is 1. The first kappa shape index (κ1) is 31.1. The molecule has 6 N–H and O–H groups in total. The number of benzene rings is 1. The molecule has 1 aromatic rings. The first-order chi connectivity index (χ1) is 20.7. The van der Waals surface area contributed by atoms with Gasteiger partial charge in [0.05, 0.1) is 11.6 Å². The zero-order valence-corrected chi connectivity index (χ0v) is 26.3. The standard InChI is InChI=1S/C33H42ClN3O7/c1-4-32(8-5-9-32)15-37(13-16-6-7-16)14-18-12-21(38)23-19(25(18)34)10-17-11-20-26(36(2)3)28(40)24(31(35)43)30(42)33(20,44)29(41)22(17)27(23)39/h12,16-17,20,26,38,40-41,44H,4-11,13-15H2,1-3H3,(H2,35,43)/t17-,20-,26-,33-/m0/s1. The van der Waals surface area contributed by atoms with Crippen molar-refractivity contribution in [2.45, 2.75) is 76.5 Å². The van der Waals surface area contributed by atoms with E-state index in [2.05, 4.69) is 11.8 Å². The van der Waals surface area contributed by atoms with Crippen molar-refractivity contribution in [1.82, 2.24) is 9.80 Å². The molecule has 44 heavy (non-hydrogen) atoms.